The van der Waals surface area contributed by atoms with Crippen molar-refractivity contribution in [3.05, 3.63) is 70.8 Å². The molecule has 0 bridgehead atoms. The predicted octanol–water partition coefficient (Wildman–Crippen LogP) is 2.58. The summed E-state index contributed by atoms with van der Waals surface area (Å²) in [6, 6.07) is 14.2. The Morgan fingerprint density at radius 3 is 2.66 bits per heavy atom. The molecule has 0 spiro atoms. The first-order chi connectivity index (χ1) is 17.0. The number of fused-ring (bicyclic) bond motifs is 2. The Labute approximate surface area is 206 Å². The van der Waals surface area contributed by atoms with E-state index in [0.29, 0.717) is 44.1 Å². The smallest absolute Gasteiger partial charge is 0.257 e. The maximum Gasteiger partial charge on any atom is 0.257 e. The van der Waals surface area contributed by atoms with Crippen LogP contribution in [0.15, 0.2) is 48.5 Å². The maximum atomic E-state index is 13.3. The zero-order valence-electron chi connectivity index (χ0n) is 20.3. The van der Waals surface area contributed by atoms with Gasteiger partial charge in [-0.25, -0.2) is 0 Å². The standard InChI is InChI=1S/C28H33N3O4/c1-20(32)30-12-9-22(10-13-30)23-6-7-26-27(16-23)35-15-14-31(28(26)34)19-25(33)18-29-11-8-21-4-2-3-5-24(21)17-29/h2-7,9,16,25,33H,8,10-15,17-19H2,1H3. The number of aliphatic hydroxyl groups excluding tert-OH is 1. The summed E-state index contributed by atoms with van der Waals surface area (Å²) >= 11 is 0. The molecular weight excluding hydrogens is 442 g/mol. The minimum atomic E-state index is -0.623. The van der Waals surface area contributed by atoms with E-state index >= 15 is 0 Å². The van der Waals surface area contributed by atoms with Crippen LogP contribution in [0.5, 0.6) is 5.75 Å². The van der Waals surface area contributed by atoms with Crippen LogP contribution in [-0.4, -0.2) is 83.6 Å². The van der Waals surface area contributed by atoms with E-state index < -0.39 is 6.10 Å². The van der Waals surface area contributed by atoms with Gasteiger partial charge in [0.15, 0.2) is 0 Å². The molecule has 0 aromatic heterocycles. The van der Waals surface area contributed by atoms with Gasteiger partial charge in [-0.1, -0.05) is 36.4 Å². The molecule has 5 rings (SSSR count). The second-order valence-corrected chi connectivity index (χ2v) is 9.66. The Bertz CT molecular complexity index is 1140. The van der Waals surface area contributed by atoms with E-state index in [0.717, 1.165) is 31.5 Å². The number of aliphatic hydroxyl groups is 1. The van der Waals surface area contributed by atoms with Crippen molar-refractivity contribution in [1.82, 2.24) is 14.7 Å². The van der Waals surface area contributed by atoms with Gasteiger partial charge in [-0.05, 0) is 47.2 Å². The van der Waals surface area contributed by atoms with E-state index in [1.54, 1.807) is 11.8 Å². The van der Waals surface area contributed by atoms with Gasteiger partial charge in [-0.3, -0.25) is 14.5 Å². The van der Waals surface area contributed by atoms with Gasteiger partial charge in [0, 0.05) is 46.2 Å². The van der Waals surface area contributed by atoms with Crippen LogP contribution >= 0.6 is 0 Å². The summed E-state index contributed by atoms with van der Waals surface area (Å²) in [5.41, 5.74) is 5.43. The van der Waals surface area contributed by atoms with Gasteiger partial charge in [0.1, 0.15) is 12.4 Å². The van der Waals surface area contributed by atoms with Crippen LogP contribution in [0.4, 0.5) is 0 Å². The average Bonchev–Trinajstić information content (AvgIpc) is 3.02. The molecule has 2 aromatic carbocycles. The molecule has 0 fully saturated rings. The maximum absolute atomic E-state index is 13.3. The molecule has 2 amide bonds. The summed E-state index contributed by atoms with van der Waals surface area (Å²) in [5, 5.41) is 10.8. The first kappa shape index (κ1) is 23.6. The lowest BCUT2D eigenvalue weighted by atomic mass is 9.97. The molecule has 1 N–H and O–H groups in total. The van der Waals surface area contributed by atoms with Gasteiger partial charge >= 0.3 is 0 Å². The van der Waals surface area contributed by atoms with E-state index in [1.807, 2.05) is 23.1 Å². The number of carbonyl (C=O) groups is 2. The molecule has 3 aliphatic rings. The molecule has 3 heterocycles. The second-order valence-electron chi connectivity index (χ2n) is 9.66. The quantitative estimate of drug-likeness (QED) is 0.720. The first-order valence-electron chi connectivity index (χ1n) is 12.5. The minimum Gasteiger partial charge on any atom is -0.491 e. The number of nitrogens with zero attached hydrogens (tertiary/aromatic N) is 3. The van der Waals surface area contributed by atoms with Crippen LogP contribution in [-0.2, 0) is 17.8 Å². The predicted molar refractivity (Wildman–Crippen MR) is 134 cm³/mol. The van der Waals surface area contributed by atoms with Crippen molar-refractivity contribution < 1.29 is 19.4 Å². The monoisotopic (exact) mass is 475 g/mol. The number of ether oxygens (including phenoxy) is 1. The van der Waals surface area contributed by atoms with E-state index in [4.69, 9.17) is 4.74 Å². The van der Waals surface area contributed by atoms with Gasteiger partial charge in [0.25, 0.3) is 5.91 Å². The molecule has 35 heavy (non-hydrogen) atoms. The Morgan fingerprint density at radius 1 is 1.06 bits per heavy atom. The molecule has 3 aliphatic heterocycles. The van der Waals surface area contributed by atoms with Crippen LogP contribution in [0.25, 0.3) is 5.57 Å². The Morgan fingerprint density at radius 2 is 1.89 bits per heavy atom. The molecule has 1 unspecified atom stereocenters. The van der Waals surface area contributed by atoms with E-state index in [1.165, 1.54) is 16.7 Å². The van der Waals surface area contributed by atoms with Crippen LogP contribution in [0.1, 0.15) is 40.4 Å². The van der Waals surface area contributed by atoms with Crippen molar-refractivity contribution in [1.29, 1.82) is 0 Å². The topological polar surface area (TPSA) is 73.3 Å². The largest absolute Gasteiger partial charge is 0.491 e. The molecule has 184 valence electrons. The van der Waals surface area contributed by atoms with E-state index in [2.05, 4.69) is 35.2 Å². The lowest BCUT2D eigenvalue weighted by Crippen LogP contribution is -2.44. The molecule has 0 aliphatic carbocycles. The number of carbonyl (C=O) groups excluding carboxylic acids is 2. The highest BCUT2D eigenvalue weighted by atomic mass is 16.5. The fourth-order valence-electron chi connectivity index (χ4n) is 5.27. The van der Waals surface area contributed by atoms with Crippen molar-refractivity contribution >= 4 is 17.4 Å². The molecule has 1 atom stereocenters. The molecule has 0 saturated heterocycles. The van der Waals surface area contributed by atoms with Gasteiger partial charge in [-0.2, -0.15) is 0 Å². The fraction of sp³-hybridized carbons (Fsp3) is 0.429. The third-order valence-electron chi connectivity index (χ3n) is 7.25. The number of rotatable bonds is 5. The summed E-state index contributed by atoms with van der Waals surface area (Å²) < 4.78 is 5.96. The van der Waals surface area contributed by atoms with Crippen molar-refractivity contribution in [2.24, 2.45) is 0 Å². The highest BCUT2D eigenvalue weighted by molar-refractivity contribution is 5.97. The van der Waals surface area contributed by atoms with Crippen LogP contribution in [0.3, 0.4) is 0 Å². The van der Waals surface area contributed by atoms with Crippen LogP contribution in [0, 0.1) is 0 Å². The van der Waals surface area contributed by atoms with Crippen molar-refractivity contribution in [3.63, 3.8) is 0 Å². The van der Waals surface area contributed by atoms with Crippen molar-refractivity contribution in [3.8, 4) is 5.75 Å². The summed E-state index contributed by atoms with van der Waals surface area (Å²) in [6.07, 6.45) is 3.22. The number of hydrogen-bond donors (Lipinski definition) is 1. The molecular formula is C28H33N3O4. The summed E-state index contributed by atoms with van der Waals surface area (Å²) in [4.78, 5) is 30.7. The van der Waals surface area contributed by atoms with Gasteiger partial charge in [0.05, 0.1) is 18.2 Å². The minimum absolute atomic E-state index is 0.0866. The van der Waals surface area contributed by atoms with E-state index in [-0.39, 0.29) is 18.4 Å². The number of benzene rings is 2. The van der Waals surface area contributed by atoms with Crippen molar-refractivity contribution in [2.45, 2.75) is 32.4 Å². The van der Waals surface area contributed by atoms with Crippen molar-refractivity contribution in [2.75, 3.05) is 45.9 Å². The SMILES string of the molecule is CC(=O)N1CC=C(c2ccc3c(c2)OCCN(CC(O)CN2CCc4ccccc4C2)C3=O)CC1. The van der Waals surface area contributed by atoms with Gasteiger partial charge < -0.3 is 19.6 Å². The zero-order chi connectivity index (χ0) is 24.4. The summed E-state index contributed by atoms with van der Waals surface area (Å²) in [7, 11) is 0. The third kappa shape index (κ3) is 5.26. The molecule has 0 radical (unpaired) electrons. The first-order valence-corrected chi connectivity index (χ1v) is 12.5. The fourth-order valence-corrected chi connectivity index (χ4v) is 5.27. The highest BCUT2D eigenvalue weighted by Crippen LogP contribution is 2.30. The molecule has 0 saturated carbocycles. The Hall–Kier alpha value is -3.16. The number of amides is 2. The number of β-amino-alcohol motifs (C(OH)–C–C–N with tert-alkyl or cyclic N) is 1. The summed E-state index contributed by atoms with van der Waals surface area (Å²) in [6.45, 7) is 6.30. The van der Waals surface area contributed by atoms with Gasteiger partial charge in [-0.15, -0.1) is 0 Å². The Balaban J connectivity index is 1.22. The van der Waals surface area contributed by atoms with Gasteiger partial charge in [0.2, 0.25) is 5.91 Å². The molecule has 2 aromatic rings. The zero-order valence-corrected chi connectivity index (χ0v) is 20.3. The van der Waals surface area contributed by atoms with Crippen LogP contribution in [0.2, 0.25) is 0 Å². The number of hydrogen-bond acceptors (Lipinski definition) is 5. The Kier molecular flexibility index (Phi) is 6.88. The van der Waals surface area contributed by atoms with E-state index in [9.17, 15) is 14.7 Å². The molecule has 7 heteroatoms. The lowest BCUT2D eigenvalue weighted by molar-refractivity contribution is -0.128. The average molecular weight is 476 g/mol. The second kappa shape index (κ2) is 10.2. The summed E-state index contributed by atoms with van der Waals surface area (Å²) in [5.74, 6) is 0.572. The van der Waals surface area contributed by atoms with Crippen LogP contribution < -0.4 is 4.74 Å². The lowest BCUT2D eigenvalue weighted by Gasteiger charge is -2.32. The normalized spacial score (nSPS) is 19.3. The molecule has 7 nitrogen and oxygen atoms in total. The third-order valence-corrected chi connectivity index (χ3v) is 7.25. The highest BCUT2D eigenvalue weighted by Gasteiger charge is 2.27.